The van der Waals surface area contributed by atoms with Gasteiger partial charge in [-0.25, -0.2) is 4.68 Å². The largest absolute Gasteiger partial charge is 0.396 e. The molecule has 0 unspecified atom stereocenters. The van der Waals surface area contributed by atoms with Gasteiger partial charge in [0.25, 0.3) is 0 Å². The van der Waals surface area contributed by atoms with E-state index in [-0.39, 0.29) is 6.61 Å². The van der Waals surface area contributed by atoms with Gasteiger partial charge in [-0.15, -0.1) is 5.10 Å². The zero-order valence-electron chi connectivity index (χ0n) is 12.8. The molecule has 0 saturated heterocycles. The molecule has 0 spiro atoms. The molecule has 23 heavy (non-hydrogen) atoms. The minimum Gasteiger partial charge on any atom is -0.396 e. The second kappa shape index (κ2) is 5.96. The second-order valence-corrected chi connectivity index (χ2v) is 5.95. The highest BCUT2D eigenvalue weighted by atomic mass is 16.2. The normalized spacial score (nSPS) is 14.8. The number of aliphatic hydroxyl groups excluding tert-OH is 1. The van der Waals surface area contributed by atoms with E-state index in [9.17, 15) is 0 Å². The van der Waals surface area contributed by atoms with Gasteiger partial charge in [-0.05, 0) is 49.4 Å². The van der Waals surface area contributed by atoms with Crippen LogP contribution in [0.1, 0.15) is 30.9 Å². The van der Waals surface area contributed by atoms with Crippen LogP contribution >= 0.6 is 0 Å². The highest BCUT2D eigenvalue weighted by molar-refractivity contribution is 5.52. The van der Waals surface area contributed by atoms with Crippen LogP contribution < -0.4 is 0 Å². The van der Waals surface area contributed by atoms with Crippen LogP contribution in [-0.2, 0) is 6.42 Å². The van der Waals surface area contributed by atoms with Gasteiger partial charge in [0.15, 0.2) is 0 Å². The summed E-state index contributed by atoms with van der Waals surface area (Å²) in [5.74, 6) is 0. The molecule has 0 bridgehead atoms. The Balaban J connectivity index is 1.54. The lowest BCUT2D eigenvalue weighted by molar-refractivity contribution is 0.290. The molecule has 1 fully saturated rings. The first-order chi connectivity index (χ1) is 11.3. The van der Waals surface area contributed by atoms with Crippen molar-refractivity contribution in [1.82, 2.24) is 24.8 Å². The van der Waals surface area contributed by atoms with Gasteiger partial charge in [0.2, 0.25) is 0 Å². The SMILES string of the molecule is OCCc1ccc(-n2cc(-c3ccn(C4CCC4)n3)nn2)cc1. The fraction of sp³-hybridized carbons (Fsp3) is 0.353. The van der Waals surface area contributed by atoms with E-state index in [0.29, 0.717) is 12.5 Å². The Labute approximate surface area is 134 Å². The predicted octanol–water partition coefficient (Wildman–Crippen LogP) is 2.39. The Morgan fingerprint density at radius 3 is 2.61 bits per heavy atom. The van der Waals surface area contributed by atoms with Gasteiger partial charge in [-0.2, -0.15) is 5.10 Å². The molecule has 0 radical (unpaired) electrons. The van der Waals surface area contributed by atoms with Crippen LogP contribution in [-0.4, -0.2) is 36.5 Å². The molecular formula is C17H19N5O. The Bertz CT molecular complexity index is 785. The molecule has 1 aliphatic rings. The van der Waals surface area contributed by atoms with Crippen molar-refractivity contribution in [3.8, 4) is 17.1 Å². The topological polar surface area (TPSA) is 68.8 Å². The summed E-state index contributed by atoms with van der Waals surface area (Å²) < 4.78 is 3.79. The van der Waals surface area contributed by atoms with Crippen LogP contribution in [0, 0.1) is 0 Å². The van der Waals surface area contributed by atoms with Gasteiger partial charge in [0.05, 0.1) is 17.9 Å². The minimum atomic E-state index is 0.163. The average molecular weight is 309 g/mol. The standard InChI is InChI=1S/C17H19N5O/c23-11-9-13-4-6-15(7-5-13)22-12-17(18-20-22)16-8-10-21(19-16)14-2-1-3-14/h4-8,10,12,14,23H,1-3,9,11H2. The molecule has 2 heterocycles. The molecule has 0 atom stereocenters. The number of hydrogen-bond acceptors (Lipinski definition) is 4. The first-order valence-electron chi connectivity index (χ1n) is 8.01. The van der Waals surface area contributed by atoms with Gasteiger partial charge < -0.3 is 5.11 Å². The lowest BCUT2D eigenvalue weighted by atomic mass is 9.93. The third-order valence-corrected chi connectivity index (χ3v) is 4.41. The van der Waals surface area contributed by atoms with Crippen LogP contribution in [0.25, 0.3) is 17.1 Å². The Kier molecular flexibility index (Phi) is 3.67. The summed E-state index contributed by atoms with van der Waals surface area (Å²) >= 11 is 0. The summed E-state index contributed by atoms with van der Waals surface area (Å²) in [6.07, 6.45) is 8.32. The molecule has 1 aliphatic carbocycles. The Morgan fingerprint density at radius 2 is 1.91 bits per heavy atom. The third kappa shape index (κ3) is 2.77. The number of hydrogen-bond donors (Lipinski definition) is 1. The quantitative estimate of drug-likeness (QED) is 0.785. The predicted molar refractivity (Wildman–Crippen MR) is 86.3 cm³/mol. The molecule has 0 amide bonds. The highest BCUT2D eigenvalue weighted by Gasteiger charge is 2.20. The zero-order chi connectivity index (χ0) is 15.6. The van der Waals surface area contributed by atoms with Gasteiger partial charge in [0.1, 0.15) is 11.4 Å². The van der Waals surface area contributed by atoms with E-state index in [0.717, 1.165) is 22.6 Å². The van der Waals surface area contributed by atoms with Gasteiger partial charge in [-0.1, -0.05) is 17.3 Å². The van der Waals surface area contributed by atoms with E-state index in [1.165, 1.54) is 19.3 Å². The molecular weight excluding hydrogens is 290 g/mol. The number of nitrogens with zero attached hydrogens (tertiary/aromatic N) is 5. The molecule has 1 saturated carbocycles. The van der Waals surface area contributed by atoms with Crippen molar-refractivity contribution in [2.24, 2.45) is 0 Å². The van der Waals surface area contributed by atoms with Gasteiger partial charge >= 0.3 is 0 Å². The summed E-state index contributed by atoms with van der Waals surface area (Å²) in [4.78, 5) is 0. The van der Waals surface area contributed by atoms with Crippen LogP contribution in [0.15, 0.2) is 42.7 Å². The summed E-state index contributed by atoms with van der Waals surface area (Å²) in [6, 6.07) is 10.5. The molecule has 4 rings (SSSR count). The monoisotopic (exact) mass is 309 g/mol. The summed E-state index contributed by atoms with van der Waals surface area (Å²) in [7, 11) is 0. The number of rotatable bonds is 5. The van der Waals surface area contributed by atoms with E-state index in [2.05, 4.69) is 15.4 Å². The molecule has 0 aliphatic heterocycles. The van der Waals surface area contributed by atoms with Gasteiger partial charge in [0, 0.05) is 12.8 Å². The Morgan fingerprint density at radius 1 is 1.09 bits per heavy atom. The lowest BCUT2D eigenvalue weighted by Gasteiger charge is -2.25. The van der Waals surface area contributed by atoms with Crippen LogP contribution in [0.2, 0.25) is 0 Å². The van der Waals surface area contributed by atoms with E-state index >= 15 is 0 Å². The number of aromatic nitrogens is 5. The van der Waals surface area contributed by atoms with E-state index in [1.54, 1.807) is 4.68 Å². The molecule has 6 nitrogen and oxygen atoms in total. The molecule has 1 N–H and O–H groups in total. The van der Waals surface area contributed by atoms with Crippen molar-refractivity contribution in [1.29, 1.82) is 0 Å². The first-order valence-corrected chi connectivity index (χ1v) is 8.01. The maximum absolute atomic E-state index is 8.96. The number of aliphatic hydroxyl groups is 1. The van der Waals surface area contributed by atoms with Gasteiger partial charge in [-0.3, -0.25) is 4.68 Å². The minimum absolute atomic E-state index is 0.163. The van der Waals surface area contributed by atoms with E-state index in [4.69, 9.17) is 5.11 Å². The van der Waals surface area contributed by atoms with Crippen LogP contribution in [0.5, 0.6) is 0 Å². The second-order valence-electron chi connectivity index (χ2n) is 5.95. The average Bonchev–Trinajstić information content (AvgIpc) is 3.16. The molecule has 2 aromatic heterocycles. The van der Waals surface area contributed by atoms with Crippen molar-refractivity contribution in [2.45, 2.75) is 31.7 Å². The van der Waals surface area contributed by atoms with Crippen LogP contribution in [0.4, 0.5) is 0 Å². The maximum atomic E-state index is 8.96. The maximum Gasteiger partial charge on any atom is 0.133 e. The van der Waals surface area contributed by atoms with Crippen molar-refractivity contribution >= 4 is 0 Å². The zero-order valence-corrected chi connectivity index (χ0v) is 12.8. The van der Waals surface area contributed by atoms with Crippen molar-refractivity contribution in [3.63, 3.8) is 0 Å². The van der Waals surface area contributed by atoms with Crippen molar-refractivity contribution in [2.75, 3.05) is 6.61 Å². The smallest absolute Gasteiger partial charge is 0.133 e. The lowest BCUT2D eigenvalue weighted by Crippen LogP contribution is -2.17. The molecule has 1 aromatic carbocycles. The molecule has 118 valence electrons. The molecule has 3 aromatic rings. The Hall–Kier alpha value is -2.47. The van der Waals surface area contributed by atoms with Crippen molar-refractivity contribution in [3.05, 3.63) is 48.3 Å². The fourth-order valence-corrected chi connectivity index (χ4v) is 2.78. The fourth-order valence-electron chi connectivity index (χ4n) is 2.78. The summed E-state index contributed by atoms with van der Waals surface area (Å²) in [5, 5.41) is 22.0. The highest BCUT2D eigenvalue weighted by Crippen LogP contribution is 2.31. The van der Waals surface area contributed by atoms with E-state index < -0.39 is 0 Å². The van der Waals surface area contributed by atoms with E-state index in [1.807, 2.05) is 47.4 Å². The van der Waals surface area contributed by atoms with Crippen LogP contribution in [0.3, 0.4) is 0 Å². The first kappa shape index (κ1) is 14.1. The summed E-state index contributed by atoms with van der Waals surface area (Å²) in [6.45, 7) is 0.163. The number of benzene rings is 1. The summed E-state index contributed by atoms with van der Waals surface area (Å²) in [5.41, 5.74) is 3.70. The third-order valence-electron chi connectivity index (χ3n) is 4.41. The van der Waals surface area contributed by atoms with Crippen molar-refractivity contribution < 1.29 is 5.11 Å². The molecule has 6 heteroatoms.